The number of halogens is 1. The Kier molecular flexibility index (Phi) is 7.97. The van der Waals surface area contributed by atoms with Gasteiger partial charge in [0, 0.05) is 18.1 Å². The molecule has 4 N–H and O–H groups in total. The topological polar surface area (TPSA) is 82.0 Å². The normalized spacial score (nSPS) is 14.3. The molecule has 1 aromatic carbocycles. The standard InChI is InChI=1S/C13H20ClNO4/c14-13-4-2-1-3-10(13)8-19-9-12(18)6-15-5-11(17)7-16/h1-4,11-12,15-18H,5-9H2. The van der Waals surface area contributed by atoms with Crippen LogP contribution in [0.1, 0.15) is 5.56 Å². The van der Waals surface area contributed by atoms with Crippen molar-refractivity contribution in [1.29, 1.82) is 0 Å². The molecule has 2 atom stereocenters. The first-order valence-corrected chi connectivity index (χ1v) is 6.50. The van der Waals surface area contributed by atoms with Crippen LogP contribution >= 0.6 is 11.6 Å². The monoisotopic (exact) mass is 289 g/mol. The maximum Gasteiger partial charge on any atom is 0.0897 e. The van der Waals surface area contributed by atoms with Gasteiger partial charge in [-0.1, -0.05) is 29.8 Å². The second-order valence-electron chi connectivity index (χ2n) is 4.26. The Bertz CT molecular complexity index is 364. The molecule has 1 rings (SSSR count). The number of hydrogen-bond acceptors (Lipinski definition) is 5. The molecule has 0 aliphatic rings. The molecular formula is C13H20ClNO4. The van der Waals surface area contributed by atoms with Gasteiger partial charge in [0.2, 0.25) is 0 Å². The summed E-state index contributed by atoms with van der Waals surface area (Å²) in [6, 6.07) is 7.37. The highest BCUT2D eigenvalue weighted by Gasteiger charge is 2.07. The van der Waals surface area contributed by atoms with Gasteiger partial charge in [0.05, 0.1) is 32.0 Å². The first kappa shape index (κ1) is 16.4. The molecule has 6 heteroatoms. The Morgan fingerprint density at radius 3 is 2.53 bits per heavy atom. The molecule has 0 spiro atoms. The van der Waals surface area contributed by atoms with E-state index in [1.54, 1.807) is 6.07 Å². The number of hydrogen-bond donors (Lipinski definition) is 4. The fourth-order valence-electron chi connectivity index (χ4n) is 1.46. The Balaban J connectivity index is 2.13. The molecule has 5 nitrogen and oxygen atoms in total. The molecule has 19 heavy (non-hydrogen) atoms. The summed E-state index contributed by atoms with van der Waals surface area (Å²) in [4.78, 5) is 0. The zero-order valence-corrected chi connectivity index (χ0v) is 11.4. The minimum Gasteiger partial charge on any atom is -0.394 e. The minimum absolute atomic E-state index is 0.174. The molecule has 0 aromatic heterocycles. The van der Waals surface area contributed by atoms with Gasteiger partial charge in [0.25, 0.3) is 0 Å². The fraction of sp³-hybridized carbons (Fsp3) is 0.538. The van der Waals surface area contributed by atoms with E-state index in [1.165, 1.54) is 0 Å². The van der Waals surface area contributed by atoms with Crippen molar-refractivity contribution in [1.82, 2.24) is 5.32 Å². The summed E-state index contributed by atoms with van der Waals surface area (Å²) in [5, 5.41) is 30.8. The van der Waals surface area contributed by atoms with Crippen LogP contribution in [0.2, 0.25) is 5.02 Å². The smallest absolute Gasteiger partial charge is 0.0897 e. The highest BCUT2D eigenvalue weighted by Crippen LogP contribution is 2.15. The van der Waals surface area contributed by atoms with Gasteiger partial charge >= 0.3 is 0 Å². The second kappa shape index (κ2) is 9.25. The lowest BCUT2D eigenvalue weighted by Gasteiger charge is -2.14. The lowest BCUT2D eigenvalue weighted by molar-refractivity contribution is 0.0258. The first-order chi connectivity index (χ1) is 9.13. The van der Waals surface area contributed by atoms with Gasteiger partial charge in [-0.05, 0) is 11.6 Å². The summed E-state index contributed by atoms with van der Waals surface area (Å²) < 4.78 is 5.36. The van der Waals surface area contributed by atoms with E-state index in [0.29, 0.717) is 18.2 Å². The zero-order chi connectivity index (χ0) is 14.1. The molecule has 0 saturated carbocycles. The van der Waals surface area contributed by atoms with Gasteiger partial charge in [-0.15, -0.1) is 0 Å². The maximum absolute atomic E-state index is 9.62. The van der Waals surface area contributed by atoms with Crippen molar-refractivity contribution in [2.24, 2.45) is 0 Å². The Morgan fingerprint density at radius 1 is 1.16 bits per heavy atom. The molecule has 108 valence electrons. The van der Waals surface area contributed by atoms with Crippen LogP contribution in [0.5, 0.6) is 0 Å². The molecule has 1 aromatic rings. The van der Waals surface area contributed by atoms with Crippen molar-refractivity contribution in [2.75, 3.05) is 26.3 Å². The van der Waals surface area contributed by atoms with Gasteiger partial charge in [-0.25, -0.2) is 0 Å². The summed E-state index contributed by atoms with van der Waals surface area (Å²) in [7, 11) is 0. The third kappa shape index (κ3) is 6.87. The van der Waals surface area contributed by atoms with Gasteiger partial charge < -0.3 is 25.4 Å². The molecule has 0 aliphatic heterocycles. The van der Waals surface area contributed by atoms with E-state index in [1.807, 2.05) is 18.2 Å². The van der Waals surface area contributed by atoms with Crippen LogP contribution in [0.15, 0.2) is 24.3 Å². The molecule has 0 radical (unpaired) electrons. The Hall–Kier alpha value is -0.690. The van der Waals surface area contributed by atoms with Crippen LogP contribution in [-0.4, -0.2) is 53.8 Å². The summed E-state index contributed by atoms with van der Waals surface area (Å²) in [6.45, 7) is 0.743. The van der Waals surface area contributed by atoms with Crippen molar-refractivity contribution in [3.63, 3.8) is 0 Å². The molecule has 0 heterocycles. The average molecular weight is 290 g/mol. The highest BCUT2D eigenvalue weighted by atomic mass is 35.5. The largest absolute Gasteiger partial charge is 0.394 e. The minimum atomic E-state index is -0.809. The number of benzene rings is 1. The van der Waals surface area contributed by atoms with Crippen LogP contribution in [-0.2, 0) is 11.3 Å². The van der Waals surface area contributed by atoms with Gasteiger partial charge in [-0.3, -0.25) is 0 Å². The predicted octanol–water partition coefficient (Wildman–Crippen LogP) is 0.160. The zero-order valence-electron chi connectivity index (χ0n) is 10.6. The van der Waals surface area contributed by atoms with E-state index in [0.717, 1.165) is 5.56 Å². The highest BCUT2D eigenvalue weighted by molar-refractivity contribution is 6.31. The van der Waals surface area contributed by atoms with E-state index in [2.05, 4.69) is 5.32 Å². The van der Waals surface area contributed by atoms with Gasteiger partial charge in [0.15, 0.2) is 0 Å². The molecule has 0 bridgehead atoms. The maximum atomic E-state index is 9.62. The number of ether oxygens (including phenoxy) is 1. The number of aliphatic hydroxyl groups is 3. The van der Waals surface area contributed by atoms with E-state index in [4.69, 9.17) is 26.6 Å². The third-order valence-corrected chi connectivity index (χ3v) is 2.87. The van der Waals surface area contributed by atoms with E-state index >= 15 is 0 Å². The van der Waals surface area contributed by atoms with Gasteiger partial charge in [-0.2, -0.15) is 0 Å². The Labute approximate surface area is 117 Å². The lowest BCUT2D eigenvalue weighted by atomic mass is 10.2. The first-order valence-electron chi connectivity index (χ1n) is 6.12. The molecule has 0 saturated heterocycles. The van der Waals surface area contributed by atoms with Crippen molar-refractivity contribution < 1.29 is 20.1 Å². The predicted molar refractivity (Wildman–Crippen MR) is 73.1 cm³/mol. The molecule has 0 aliphatic carbocycles. The third-order valence-electron chi connectivity index (χ3n) is 2.50. The molecule has 2 unspecified atom stereocenters. The van der Waals surface area contributed by atoms with Crippen molar-refractivity contribution in [3.8, 4) is 0 Å². The van der Waals surface area contributed by atoms with Crippen molar-refractivity contribution >= 4 is 11.6 Å². The second-order valence-corrected chi connectivity index (χ2v) is 4.66. The van der Waals surface area contributed by atoms with E-state index in [-0.39, 0.29) is 19.8 Å². The van der Waals surface area contributed by atoms with E-state index < -0.39 is 12.2 Å². The fourth-order valence-corrected chi connectivity index (χ4v) is 1.65. The number of nitrogens with one attached hydrogen (secondary N) is 1. The average Bonchev–Trinajstić information content (AvgIpc) is 2.40. The van der Waals surface area contributed by atoms with Crippen molar-refractivity contribution in [2.45, 2.75) is 18.8 Å². The number of aliphatic hydroxyl groups excluding tert-OH is 3. The van der Waals surface area contributed by atoms with Crippen LogP contribution < -0.4 is 5.32 Å². The quantitative estimate of drug-likeness (QED) is 0.521. The molecule has 0 fully saturated rings. The lowest BCUT2D eigenvalue weighted by Crippen LogP contribution is -2.36. The summed E-state index contributed by atoms with van der Waals surface area (Å²) in [5.41, 5.74) is 0.875. The van der Waals surface area contributed by atoms with Crippen molar-refractivity contribution in [3.05, 3.63) is 34.9 Å². The van der Waals surface area contributed by atoms with Crippen LogP contribution in [0.3, 0.4) is 0 Å². The van der Waals surface area contributed by atoms with E-state index in [9.17, 15) is 5.11 Å². The van der Waals surface area contributed by atoms with Crippen LogP contribution in [0.4, 0.5) is 0 Å². The molecular weight excluding hydrogens is 270 g/mol. The Morgan fingerprint density at radius 2 is 1.84 bits per heavy atom. The summed E-state index contributed by atoms with van der Waals surface area (Å²) >= 11 is 5.97. The number of rotatable bonds is 9. The SMILES string of the molecule is OCC(O)CNCC(O)COCc1ccccc1Cl. The van der Waals surface area contributed by atoms with Crippen LogP contribution in [0.25, 0.3) is 0 Å². The summed E-state index contributed by atoms with van der Waals surface area (Å²) in [6.07, 6.45) is -1.48. The van der Waals surface area contributed by atoms with Crippen LogP contribution in [0, 0.1) is 0 Å². The van der Waals surface area contributed by atoms with Gasteiger partial charge in [0.1, 0.15) is 0 Å². The molecule has 0 amide bonds. The summed E-state index contributed by atoms with van der Waals surface area (Å²) in [5.74, 6) is 0.